The van der Waals surface area contributed by atoms with E-state index in [1.165, 1.54) is 0 Å². The molecule has 80 valence electrons. The molecule has 0 heterocycles. The quantitative estimate of drug-likeness (QED) is 0.750. The third-order valence-electron chi connectivity index (χ3n) is 3.97. The molecule has 14 heavy (non-hydrogen) atoms. The van der Waals surface area contributed by atoms with Crippen molar-refractivity contribution in [1.82, 2.24) is 0 Å². The van der Waals surface area contributed by atoms with E-state index < -0.39 is 17.3 Å². The number of carboxylic acid groups (broad SMARTS) is 1. The van der Waals surface area contributed by atoms with Crippen molar-refractivity contribution in [1.29, 1.82) is 0 Å². The lowest BCUT2D eigenvalue weighted by atomic mass is 9.68. The summed E-state index contributed by atoms with van der Waals surface area (Å²) in [5, 5.41) is 9.10. The van der Waals surface area contributed by atoms with Crippen molar-refractivity contribution in [2.45, 2.75) is 39.0 Å². The smallest absolute Gasteiger partial charge is 0.310 e. The molecule has 0 bridgehead atoms. The first kappa shape index (κ1) is 9.87. The van der Waals surface area contributed by atoms with Gasteiger partial charge in [-0.3, -0.25) is 4.79 Å². The highest BCUT2D eigenvalue weighted by molar-refractivity contribution is 5.80. The SMILES string of the molecule is CC1(C)CC1(C(=O)O)C1CC(F)(F)C1. The molecule has 2 fully saturated rings. The zero-order valence-electron chi connectivity index (χ0n) is 8.31. The maximum atomic E-state index is 12.7. The third-order valence-corrected chi connectivity index (χ3v) is 3.97. The van der Waals surface area contributed by atoms with Crippen LogP contribution in [0.3, 0.4) is 0 Å². The molecule has 0 aliphatic heterocycles. The van der Waals surface area contributed by atoms with Crippen LogP contribution in [-0.4, -0.2) is 17.0 Å². The number of rotatable bonds is 2. The summed E-state index contributed by atoms with van der Waals surface area (Å²) in [6.07, 6.45) is 0.0432. The number of halogens is 2. The van der Waals surface area contributed by atoms with Crippen LogP contribution in [0.25, 0.3) is 0 Å². The molecular formula is C10H14F2O2. The fourth-order valence-electron chi connectivity index (χ4n) is 2.90. The molecule has 0 radical (unpaired) electrons. The molecule has 1 unspecified atom stereocenters. The van der Waals surface area contributed by atoms with E-state index in [9.17, 15) is 13.6 Å². The van der Waals surface area contributed by atoms with Crippen LogP contribution >= 0.6 is 0 Å². The number of hydrogen-bond donors (Lipinski definition) is 1. The van der Waals surface area contributed by atoms with Crippen LogP contribution in [0.5, 0.6) is 0 Å². The molecule has 0 aromatic heterocycles. The summed E-state index contributed by atoms with van der Waals surface area (Å²) in [6, 6.07) is 0. The zero-order valence-corrected chi connectivity index (χ0v) is 8.31. The molecule has 0 aromatic carbocycles. The highest BCUT2D eigenvalue weighted by Crippen LogP contribution is 2.72. The van der Waals surface area contributed by atoms with E-state index in [2.05, 4.69) is 0 Å². The van der Waals surface area contributed by atoms with Gasteiger partial charge in [-0.25, -0.2) is 8.78 Å². The van der Waals surface area contributed by atoms with Crippen molar-refractivity contribution in [2.75, 3.05) is 0 Å². The molecule has 2 aliphatic carbocycles. The first-order valence-corrected chi connectivity index (χ1v) is 4.83. The van der Waals surface area contributed by atoms with Crippen molar-refractivity contribution in [3.05, 3.63) is 0 Å². The van der Waals surface area contributed by atoms with Gasteiger partial charge in [0.25, 0.3) is 0 Å². The summed E-state index contributed by atoms with van der Waals surface area (Å²) >= 11 is 0. The minimum Gasteiger partial charge on any atom is -0.481 e. The summed E-state index contributed by atoms with van der Waals surface area (Å²) in [5.74, 6) is -3.85. The standard InChI is InChI=1S/C10H14F2O2/c1-8(2)5-10(8,7(13)14)6-3-9(11,12)4-6/h6H,3-5H2,1-2H3,(H,13,14). The second-order valence-electron chi connectivity index (χ2n) is 5.30. The number of carbonyl (C=O) groups is 1. The largest absolute Gasteiger partial charge is 0.481 e. The van der Waals surface area contributed by atoms with Crippen LogP contribution in [0, 0.1) is 16.7 Å². The van der Waals surface area contributed by atoms with E-state index in [1.807, 2.05) is 13.8 Å². The Morgan fingerprint density at radius 2 is 1.79 bits per heavy atom. The second-order valence-corrected chi connectivity index (χ2v) is 5.30. The Bertz CT molecular complexity index is 290. The lowest BCUT2D eigenvalue weighted by Gasteiger charge is -2.40. The summed E-state index contributed by atoms with van der Waals surface area (Å²) in [4.78, 5) is 11.1. The zero-order chi connectivity index (χ0) is 10.8. The van der Waals surface area contributed by atoms with E-state index in [0.717, 1.165) is 0 Å². The molecule has 2 saturated carbocycles. The number of hydrogen-bond acceptors (Lipinski definition) is 1. The maximum Gasteiger partial charge on any atom is 0.310 e. The molecule has 0 saturated heterocycles. The van der Waals surface area contributed by atoms with Gasteiger partial charge in [0.15, 0.2) is 0 Å². The summed E-state index contributed by atoms with van der Waals surface area (Å²) < 4.78 is 25.3. The van der Waals surface area contributed by atoms with Crippen molar-refractivity contribution >= 4 is 5.97 Å². The van der Waals surface area contributed by atoms with Gasteiger partial charge >= 0.3 is 5.97 Å². The minimum absolute atomic E-state index is 0.247. The molecule has 1 N–H and O–H groups in total. The van der Waals surface area contributed by atoms with Crippen LogP contribution in [0.4, 0.5) is 8.78 Å². The lowest BCUT2D eigenvalue weighted by Crippen LogP contribution is -2.45. The van der Waals surface area contributed by atoms with Gasteiger partial charge in [0.05, 0.1) is 5.41 Å². The highest BCUT2D eigenvalue weighted by atomic mass is 19.3. The van der Waals surface area contributed by atoms with Crippen LogP contribution in [0.15, 0.2) is 0 Å². The van der Waals surface area contributed by atoms with E-state index in [-0.39, 0.29) is 24.2 Å². The van der Waals surface area contributed by atoms with Gasteiger partial charge in [-0.2, -0.15) is 0 Å². The fraction of sp³-hybridized carbons (Fsp3) is 0.900. The first-order chi connectivity index (χ1) is 6.21. The first-order valence-electron chi connectivity index (χ1n) is 4.83. The van der Waals surface area contributed by atoms with Gasteiger partial charge in [-0.05, 0) is 17.8 Å². The normalized spacial score (nSPS) is 38.9. The van der Waals surface area contributed by atoms with Crippen molar-refractivity contribution in [3.8, 4) is 0 Å². The Kier molecular flexibility index (Phi) is 1.61. The lowest BCUT2D eigenvalue weighted by molar-refractivity contribution is -0.166. The Morgan fingerprint density at radius 3 is 2.00 bits per heavy atom. The number of aliphatic carboxylic acids is 1. The molecule has 1 atom stereocenters. The second kappa shape index (κ2) is 2.28. The van der Waals surface area contributed by atoms with Crippen molar-refractivity contribution in [3.63, 3.8) is 0 Å². The van der Waals surface area contributed by atoms with Crippen molar-refractivity contribution < 1.29 is 18.7 Å². The van der Waals surface area contributed by atoms with Crippen LogP contribution < -0.4 is 0 Å². The molecule has 2 rings (SSSR count). The van der Waals surface area contributed by atoms with Crippen molar-refractivity contribution in [2.24, 2.45) is 16.7 Å². The monoisotopic (exact) mass is 204 g/mol. The Morgan fingerprint density at radius 1 is 1.36 bits per heavy atom. The molecule has 0 aromatic rings. The van der Waals surface area contributed by atoms with Crippen LogP contribution in [0.2, 0.25) is 0 Å². The van der Waals surface area contributed by atoms with Gasteiger partial charge in [0.1, 0.15) is 0 Å². The minimum atomic E-state index is -2.62. The number of alkyl halides is 2. The predicted octanol–water partition coefficient (Wildman–Crippen LogP) is 2.53. The highest BCUT2D eigenvalue weighted by Gasteiger charge is 2.74. The summed E-state index contributed by atoms with van der Waals surface area (Å²) in [7, 11) is 0. The van der Waals surface area contributed by atoms with E-state index in [4.69, 9.17) is 5.11 Å². The Balaban J connectivity index is 2.14. The van der Waals surface area contributed by atoms with Crippen LogP contribution in [0.1, 0.15) is 33.1 Å². The van der Waals surface area contributed by atoms with E-state index in [0.29, 0.717) is 6.42 Å². The van der Waals surface area contributed by atoms with Gasteiger partial charge in [0.2, 0.25) is 5.92 Å². The molecule has 0 amide bonds. The topological polar surface area (TPSA) is 37.3 Å². The average Bonchev–Trinajstić information content (AvgIpc) is 2.50. The summed E-state index contributed by atoms with van der Waals surface area (Å²) in [6.45, 7) is 3.69. The molecule has 4 heteroatoms. The van der Waals surface area contributed by atoms with Gasteiger partial charge < -0.3 is 5.11 Å². The summed E-state index contributed by atoms with van der Waals surface area (Å²) in [5.41, 5.74) is -1.17. The average molecular weight is 204 g/mol. The van der Waals surface area contributed by atoms with Gasteiger partial charge in [-0.1, -0.05) is 13.8 Å². The van der Waals surface area contributed by atoms with E-state index in [1.54, 1.807) is 0 Å². The maximum absolute atomic E-state index is 12.7. The number of carboxylic acids is 1. The van der Waals surface area contributed by atoms with E-state index >= 15 is 0 Å². The van der Waals surface area contributed by atoms with Crippen LogP contribution in [-0.2, 0) is 4.79 Å². The Labute approximate surface area is 81.3 Å². The molecule has 2 nitrogen and oxygen atoms in total. The predicted molar refractivity (Wildman–Crippen MR) is 46.1 cm³/mol. The third kappa shape index (κ3) is 1.03. The fourth-order valence-corrected chi connectivity index (χ4v) is 2.90. The Hall–Kier alpha value is -0.670. The van der Waals surface area contributed by atoms with Gasteiger partial charge in [0, 0.05) is 12.8 Å². The molecular weight excluding hydrogens is 190 g/mol. The molecule has 0 spiro atoms. The van der Waals surface area contributed by atoms with Gasteiger partial charge in [-0.15, -0.1) is 0 Å². The molecule has 2 aliphatic rings.